The maximum absolute atomic E-state index is 5.85. The summed E-state index contributed by atoms with van der Waals surface area (Å²) in [6.45, 7) is 2.02. The van der Waals surface area contributed by atoms with Crippen LogP contribution in [0.3, 0.4) is 0 Å². The first kappa shape index (κ1) is 15.4. The molecule has 0 heterocycles. The second-order valence-electron chi connectivity index (χ2n) is 4.69. The highest BCUT2D eigenvalue weighted by atomic mass is 79.9. The number of ether oxygens (including phenoxy) is 1. The Hall–Kier alpha value is -0.970. The number of hydrogen-bond acceptors (Lipinski definition) is 3. The Morgan fingerprint density at radius 1 is 1.25 bits per heavy atom. The lowest BCUT2D eigenvalue weighted by atomic mass is 10.1. The van der Waals surface area contributed by atoms with Crippen LogP contribution in [0.25, 0.3) is 0 Å². The molecule has 2 aromatic carbocycles. The highest BCUT2D eigenvalue weighted by Gasteiger charge is 2.07. The molecule has 0 bridgehead atoms. The minimum absolute atomic E-state index is 0.166. The van der Waals surface area contributed by atoms with E-state index >= 15 is 0 Å². The average molecular weight is 352 g/mol. The first-order chi connectivity index (χ1) is 9.60. The van der Waals surface area contributed by atoms with E-state index in [1.54, 1.807) is 18.9 Å². The van der Waals surface area contributed by atoms with Crippen LogP contribution in [0.4, 0.5) is 0 Å². The fraction of sp³-hybridized carbons (Fsp3) is 0.250. The summed E-state index contributed by atoms with van der Waals surface area (Å²) in [5.41, 5.74) is 7.09. The number of benzene rings is 2. The van der Waals surface area contributed by atoms with E-state index < -0.39 is 0 Å². The fourth-order valence-electron chi connectivity index (χ4n) is 1.93. The van der Waals surface area contributed by atoms with E-state index in [9.17, 15) is 0 Å². The zero-order valence-corrected chi connectivity index (χ0v) is 14.0. The number of nitrogens with two attached hydrogens (primary N) is 1. The van der Waals surface area contributed by atoms with Crippen molar-refractivity contribution in [2.24, 2.45) is 5.73 Å². The molecule has 2 rings (SSSR count). The molecular formula is C16H18BrNOS. The number of halogens is 1. The van der Waals surface area contributed by atoms with Crippen LogP contribution in [-0.4, -0.2) is 13.2 Å². The van der Waals surface area contributed by atoms with Crippen LogP contribution in [0.5, 0.6) is 5.75 Å². The molecule has 0 aliphatic rings. The van der Waals surface area contributed by atoms with Crippen LogP contribution in [0.1, 0.15) is 12.5 Å². The topological polar surface area (TPSA) is 35.2 Å². The van der Waals surface area contributed by atoms with Gasteiger partial charge >= 0.3 is 0 Å². The first-order valence-electron chi connectivity index (χ1n) is 6.45. The molecule has 1 atom stereocenters. The molecule has 2 nitrogen and oxygen atoms in total. The Kier molecular flexibility index (Phi) is 5.52. The Morgan fingerprint density at radius 3 is 2.65 bits per heavy atom. The van der Waals surface area contributed by atoms with E-state index in [1.165, 1.54) is 10.5 Å². The molecule has 0 fully saturated rings. The molecule has 2 N–H and O–H groups in total. The number of para-hydroxylation sites is 1. The van der Waals surface area contributed by atoms with Crippen molar-refractivity contribution in [3.05, 3.63) is 52.5 Å². The van der Waals surface area contributed by atoms with Gasteiger partial charge in [0, 0.05) is 15.4 Å². The van der Waals surface area contributed by atoms with Crippen molar-refractivity contribution in [3.63, 3.8) is 0 Å². The highest BCUT2D eigenvalue weighted by Crippen LogP contribution is 2.36. The van der Waals surface area contributed by atoms with E-state index in [4.69, 9.17) is 10.5 Å². The molecule has 106 valence electrons. The third kappa shape index (κ3) is 4.01. The smallest absolute Gasteiger partial charge is 0.132 e. The van der Waals surface area contributed by atoms with Gasteiger partial charge < -0.3 is 10.5 Å². The normalized spacial score (nSPS) is 12.2. The number of methoxy groups -OCH3 is 1. The lowest BCUT2D eigenvalue weighted by Gasteiger charge is -2.11. The largest absolute Gasteiger partial charge is 0.496 e. The molecule has 4 heteroatoms. The van der Waals surface area contributed by atoms with Gasteiger partial charge in [-0.1, -0.05) is 45.9 Å². The molecule has 0 amide bonds. The van der Waals surface area contributed by atoms with Gasteiger partial charge in [-0.25, -0.2) is 0 Å². The molecule has 0 saturated carbocycles. The number of hydrogen-bond donors (Lipinski definition) is 1. The molecule has 20 heavy (non-hydrogen) atoms. The Balaban J connectivity index is 2.20. The summed E-state index contributed by atoms with van der Waals surface area (Å²) >= 11 is 5.32. The van der Waals surface area contributed by atoms with Gasteiger partial charge in [-0.15, -0.1) is 0 Å². The quantitative estimate of drug-likeness (QED) is 0.861. The molecule has 0 spiro atoms. The van der Waals surface area contributed by atoms with E-state index in [-0.39, 0.29) is 6.04 Å². The van der Waals surface area contributed by atoms with Crippen molar-refractivity contribution >= 4 is 27.7 Å². The maximum Gasteiger partial charge on any atom is 0.132 e. The van der Waals surface area contributed by atoms with E-state index in [0.29, 0.717) is 0 Å². The van der Waals surface area contributed by atoms with Crippen LogP contribution in [0.2, 0.25) is 0 Å². The maximum atomic E-state index is 5.85. The predicted octanol–water partition coefficient (Wildman–Crippen LogP) is 4.50. The average Bonchev–Trinajstić information content (AvgIpc) is 2.42. The molecule has 1 unspecified atom stereocenters. The Bertz CT molecular complexity index is 586. The molecular weight excluding hydrogens is 334 g/mol. The van der Waals surface area contributed by atoms with Gasteiger partial charge in [0.2, 0.25) is 0 Å². The van der Waals surface area contributed by atoms with Crippen molar-refractivity contribution in [1.29, 1.82) is 0 Å². The summed E-state index contributed by atoms with van der Waals surface area (Å²) in [6, 6.07) is 14.6. The van der Waals surface area contributed by atoms with Crippen LogP contribution in [-0.2, 0) is 6.42 Å². The van der Waals surface area contributed by atoms with Crippen molar-refractivity contribution in [2.75, 3.05) is 7.11 Å². The summed E-state index contributed by atoms with van der Waals surface area (Å²) in [5.74, 6) is 0.897. The molecule has 0 aliphatic carbocycles. The van der Waals surface area contributed by atoms with Crippen molar-refractivity contribution < 1.29 is 4.74 Å². The zero-order valence-electron chi connectivity index (χ0n) is 11.6. The Morgan fingerprint density at radius 2 is 2.00 bits per heavy atom. The van der Waals surface area contributed by atoms with E-state index in [1.807, 2.05) is 25.1 Å². The van der Waals surface area contributed by atoms with Gasteiger partial charge in [-0.3, -0.25) is 0 Å². The third-order valence-electron chi connectivity index (χ3n) is 2.86. The van der Waals surface area contributed by atoms with Gasteiger partial charge in [-0.2, -0.15) is 0 Å². The molecule has 0 saturated heterocycles. The van der Waals surface area contributed by atoms with Gasteiger partial charge in [-0.05, 0) is 43.2 Å². The van der Waals surface area contributed by atoms with E-state index in [2.05, 4.69) is 40.2 Å². The van der Waals surface area contributed by atoms with Gasteiger partial charge in [0.1, 0.15) is 5.75 Å². The van der Waals surface area contributed by atoms with Crippen molar-refractivity contribution in [3.8, 4) is 5.75 Å². The monoisotopic (exact) mass is 351 g/mol. The summed E-state index contributed by atoms with van der Waals surface area (Å²) in [4.78, 5) is 2.29. The highest BCUT2D eigenvalue weighted by molar-refractivity contribution is 9.10. The molecule has 0 aromatic heterocycles. The fourth-order valence-corrected chi connectivity index (χ4v) is 3.59. The number of rotatable bonds is 5. The van der Waals surface area contributed by atoms with Crippen LogP contribution in [0, 0.1) is 0 Å². The molecule has 2 aromatic rings. The lowest BCUT2D eigenvalue weighted by Crippen LogP contribution is -2.17. The summed E-state index contributed by atoms with van der Waals surface area (Å²) in [5, 5.41) is 0. The molecule has 0 aliphatic heterocycles. The first-order valence-corrected chi connectivity index (χ1v) is 8.06. The standard InChI is InChI=1S/C16H18BrNOS/c1-11(18)9-12-7-8-13(10-14(12)17)20-16-6-4-3-5-15(16)19-2/h3-8,10-11H,9,18H2,1-2H3. The predicted molar refractivity (Wildman–Crippen MR) is 88.6 cm³/mol. The second kappa shape index (κ2) is 7.16. The van der Waals surface area contributed by atoms with Crippen LogP contribution >= 0.6 is 27.7 Å². The van der Waals surface area contributed by atoms with Gasteiger partial charge in [0.25, 0.3) is 0 Å². The summed E-state index contributed by atoms with van der Waals surface area (Å²) < 4.78 is 6.48. The van der Waals surface area contributed by atoms with Crippen molar-refractivity contribution in [2.45, 2.75) is 29.2 Å². The SMILES string of the molecule is COc1ccccc1Sc1ccc(CC(C)N)c(Br)c1. The summed E-state index contributed by atoms with van der Waals surface area (Å²) in [7, 11) is 1.70. The lowest BCUT2D eigenvalue weighted by molar-refractivity contribution is 0.405. The van der Waals surface area contributed by atoms with E-state index in [0.717, 1.165) is 21.5 Å². The minimum atomic E-state index is 0.166. The van der Waals surface area contributed by atoms with Gasteiger partial charge in [0.15, 0.2) is 0 Å². The Labute approximate surface area is 132 Å². The van der Waals surface area contributed by atoms with Crippen LogP contribution in [0.15, 0.2) is 56.7 Å². The molecule has 0 radical (unpaired) electrons. The van der Waals surface area contributed by atoms with Crippen LogP contribution < -0.4 is 10.5 Å². The third-order valence-corrected chi connectivity index (χ3v) is 4.65. The van der Waals surface area contributed by atoms with Gasteiger partial charge in [0.05, 0.1) is 12.0 Å². The minimum Gasteiger partial charge on any atom is -0.496 e. The van der Waals surface area contributed by atoms with Crippen molar-refractivity contribution in [1.82, 2.24) is 0 Å². The zero-order chi connectivity index (χ0) is 14.5. The second-order valence-corrected chi connectivity index (χ2v) is 6.66. The summed E-state index contributed by atoms with van der Waals surface area (Å²) in [6.07, 6.45) is 0.875.